The highest BCUT2D eigenvalue weighted by Gasteiger charge is 2.35. The first-order chi connectivity index (χ1) is 8.80. The number of hydrogen-bond donors (Lipinski definition) is 2. The molecule has 0 saturated carbocycles. The zero-order valence-electron chi connectivity index (χ0n) is 12.8. The summed E-state index contributed by atoms with van der Waals surface area (Å²) < 4.78 is 0. The van der Waals surface area contributed by atoms with Gasteiger partial charge in [0.25, 0.3) is 0 Å². The van der Waals surface area contributed by atoms with Gasteiger partial charge in [-0.1, -0.05) is 33.6 Å². The Morgan fingerprint density at radius 3 is 2.26 bits per heavy atom. The van der Waals surface area contributed by atoms with Crippen molar-refractivity contribution in [2.45, 2.75) is 59.4 Å². The van der Waals surface area contributed by atoms with Crippen molar-refractivity contribution < 1.29 is 14.7 Å². The Labute approximate surface area is 116 Å². The second-order valence-corrected chi connectivity index (χ2v) is 5.37. The third kappa shape index (κ3) is 5.49. The van der Waals surface area contributed by atoms with E-state index in [1.807, 2.05) is 13.8 Å². The number of carbonyl (C=O) groups is 2. The molecule has 0 aromatic rings. The molecular formula is C14H28N2O3. The molecule has 0 rings (SSSR count). The average molecular weight is 272 g/mol. The van der Waals surface area contributed by atoms with Gasteiger partial charge in [0.2, 0.25) is 0 Å². The number of amides is 2. The van der Waals surface area contributed by atoms with E-state index in [-0.39, 0.29) is 6.03 Å². The van der Waals surface area contributed by atoms with Gasteiger partial charge in [0, 0.05) is 13.1 Å². The highest BCUT2D eigenvalue weighted by molar-refractivity contribution is 5.85. The summed E-state index contributed by atoms with van der Waals surface area (Å²) in [5, 5.41) is 11.9. The lowest BCUT2D eigenvalue weighted by Crippen LogP contribution is -2.56. The number of carboxylic acid groups (broad SMARTS) is 1. The molecule has 0 heterocycles. The van der Waals surface area contributed by atoms with Gasteiger partial charge in [-0.2, -0.15) is 0 Å². The van der Waals surface area contributed by atoms with Gasteiger partial charge in [-0.3, -0.25) is 0 Å². The summed E-state index contributed by atoms with van der Waals surface area (Å²) in [5.74, 6) is -0.574. The number of aliphatic carboxylic acids is 1. The predicted octanol–water partition coefficient (Wildman–Crippen LogP) is 2.71. The third-order valence-corrected chi connectivity index (χ3v) is 3.50. The fraction of sp³-hybridized carbons (Fsp3) is 0.857. The van der Waals surface area contributed by atoms with Crippen molar-refractivity contribution in [2.75, 3.05) is 13.1 Å². The van der Waals surface area contributed by atoms with Crippen molar-refractivity contribution in [1.82, 2.24) is 10.2 Å². The molecule has 2 amide bonds. The van der Waals surface area contributed by atoms with Crippen LogP contribution in [0.4, 0.5) is 4.79 Å². The first-order valence-corrected chi connectivity index (χ1v) is 7.11. The molecule has 0 aliphatic rings. The van der Waals surface area contributed by atoms with Gasteiger partial charge in [0.1, 0.15) is 5.54 Å². The van der Waals surface area contributed by atoms with E-state index in [1.165, 1.54) is 0 Å². The number of rotatable bonds is 8. The molecule has 112 valence electrons. The summed E-state index contributed by atoms with van der Waals surface area (Å²) in [6.45, 7) is 10.8. The average Bonchev–Trinajstić information content (AvgIpc) is 2.35. The Morgan fingerprint density at radius 2 is 1.89 bits per heavy atom. The van der Waals surface area contributed by atoms with Crippen LogP contribution in [0.25, 0.3) is 0 Å². The Balaban J connectivity index is 4.73. The molecule has 2 N–H and O–H groups in total. The smallest absolute Gasteiger partial charge is 0.329 e. The van der Waals surface area contributed by atoms with E-state index in [2.05, 4.69) is 19.2 Å². The van der Waals surface area contributed by atoms with Gasteiger partial charge in [0.05, 0.1) is 0 Å². The quantitative estimate of drug-likeness (QED) is 0.713. The minimum absolute atomic E-state index is 0.291. The highest BCUT2D eigenvalue weighted by atomic mass is 16.4. The van der Waals surface area contributed by atoms with Crippen molar-refractivity contribution >= 4 is 12.0 Å². The summed E-state index contributed by atoms with van der Waals surface area (Å²) in [4.78, 5) is 25.1. The Kier molecular flexibility index (Phi) is 7.49. The van der Waals surface area contributed by atoms with Crippen LogP contribution in [0.1, 0.15) is 53.9 Å². The predicted molar refractivity (Wildman–Crippen MR) is 76.2 cm³/mol. The molecule has 2 unspecified atom stereocenters. The maximum absolute atomic E-state index is 12.2. The minimum atomic E-state index is -1.19. The molecule has 0 fully saturated rings. The number of carboxylic acids is 1. The molecule has 2 atom stereocenters. The third-order valence-electron chi connectivity index (χ3n) is 3.50. The van der Waals surface area contributed by atoms with Crippen molar-refractivity contribution in [3.8, 4) is 0 Å². The van der Waals surface area contributed by atoms with Gasteiger partial charge < -0.3 is 15.3 Å². The number of nitrogens with one attached hydrogen (secondary N) is 1. The zero-order valence-corrected chi connectivity index (χ0v) is 12.8. The van der Waals surface area contributed by atoms with Crippen LogP contribution in [0, 0.1) is 5.92 Å². The number of carbonyl (C=O) groups excluding carboxylic acids is 1. The highest BCUT2D eigenvalue weighted by Crippen LogP contribution is 2.14. The Hall–Kier alpha value is -1.26. The normalized spacial score (nSPS) is 15.4. The SMILES string of the molecule is CCCC(C)(NC(=O)N(CC)CC(C)CC)C(=O)O. The monoisotopic (exact) mass is 272 g/mol. The molecular weight excluding hydrogens is 244 g/mol. The minimum Gasteiger partial charge on any atom is -0.480 e. The molecule has 19 heavy (non-hydrogen) atoms. The van der Waals surface area contributed by atoms with E-state index in [9.17, 15) is 14.7 Å². The number of nitrogens with zero attached hydrogens (tertiary/aromatic N) is 1. The summed E-state index contributed by atoms with van der Waals surface area (Å²) >= 11 is 0. The van der Waals surface area contributed by atoms with E-state index in [4.69, 9.17) is 0 Å². The second kappa shape index (κ2) is 8.02. The summed E-state index contributed by atoms with van der Waals surface area (Å²) in [7, 11) is 0. The van der Waals surface area contributed by atoms with Crippen LogP contribution >= 0.6 is 0 Å². The lowest BCUT2D eigenvalue weighted by Gasteiger charge is -2.31. The molecule has 0 aliphatic heterocycles. The molecule has 0 aromatic carbocycles. The molecule has 0 radical (unpaired) electrons. The van der Waals surface area contributed by atoms with Crippen molar-refractivity contribution in [3.05, 3.63) is 0 Å². The summed E-state index contributed by atoms with van der Waals surface area (Å²) in [6.07, 6.45) is 2.13. The molecule has 0 aromatic heterocycles. The van der Waals surface area contributed by atoms with Crippen molar-refractivity contribution in [1.29, 1.82) is 0 Å². The Bertz CT molecular complexity index is 307. The van der Waals surface area contributed by atoms with Crippen LogP contribution in [0.5, 0.6) is 0 Å². The first-order valence-electron chi connectivity index (χ1n) is 7.11. The summed E-state index contributed by atoms with van der Waals surface area (Å²) in [6, 6.07) is -0.291. The van der Waals surface area contributed by atoms with E-state index >= 15 is 0 Å². The van der Waals surface area contributed by atoms with Crippen LogP contribution < -0.4 is 5.32 Å². The van der Waals surface area contributed by atoms with Crippen molar-refractivity contribution in [2.24, 2.45) is 5.92 Å². The molecule has 0 spiro atoms. The van der Waals surface area contributed by atoms with E-state index in [0.717, 1.165) is 6.42 Å². The largest absolute Gasteiger partial charge is 0.480 e. The standard InChI is InChI=1S/C14H28N2O3/c1-6-9-14(5,12(17)18)15-13(19)16(8-3)10-11(4)7-2/h11H,6-10H2,1-5H3,(H,15,19)(H,17,18). The molecule has 5 nitrogen and oxygen atoms in total. The van der Waals surface area contributed by atoms with E-state index in [1.54, 1.807) is 11.8 Å². The summed E-state index contributed by atoms with van der Waals surface area (Å²) in [5.41, 5.74) is -1.19. The van der Waals surface area contributed by atoms with E-state index < -0.39 is 11.5 Å². The van der Waals surface area contributed by atoms with Gasteiger partial charge in [-0.05, 0) is 26.2 Å². The van der Waals surface area contributed by atoms with Crippen molar-refractivity contribution in [3.63, 3.8) is 0 Å². The molecule has 5 heteroatoms. The number of urea groups is 1. The molecule has 0 bridgehead atoms. The van der Waals surface area contributed by atoms with Gasteiger partial charge >= 0.3 is 12.0 Å². The topological polar surface area (TPSA) is 69.6 Å². The van der Waals surface area contributed by atoms with Crippen LogP contribution in [-0.4, -0.2) is 40.6 Å². The van der Waals surface area contributed by atoms with Crippen LogP contribution in [0.2, 0.25) is 0 Å². The number of hydrogen-bond acceptors (Lipinski definition) is 2. The molecule has 0 saturated heterocycles. The fourth-order valence-electron chi connectivity index (χ4n) is 1.90. The van der Waals surface area contributed by atoms with Gasteiger partial charge in [-0.15, -0.1) is 0 Å². The van der Waals surface area contributed by atoms with Crippen LogP contribution in [0.15, 0.2) is 0 Å². The maximum Gasteiger partial charge on any atom is 0.329 e. The maximum atomic E-state index is 12.2. The van der Waals surface area contributed by atoms with Gasteiger partial charge in [-0.25, -0.2) is 9.59 Å². The van der Waals surface area contributed by atoms with Crippen LogP contribution in [0.3, 0.4) is 0 Å². The lowest BCUT2D eigenvalue weighted by atomic mass is 9.96. The lowest BCUT2D eigenvalue weighted by molar-refractivity contribution is -0.144. The fourth-order valence-corrected chi connectivity index (χ4v) is 1.90. The van der Waals surface area contributed by atoms with Gasteiger partial charge in [0.15, 0.2) is 0 Å². The molecule has 0 aliphatic carbocycles. The first kappa shape index (κ1) is 17.7. The zero-order chi connectivity index (χ0) is 15.1. The van der Waals surface area contributed by atoms with E-state index in [0.29, 0.717) is 31.8 Å². The Morgan fingerprint density at radius 1 is 1.32 bits per heavy atom. The van der Waals surface area contributed by atoms with Crippen LogP contribution in [-0.2, 0) is 4.79 Å². The second-order valence-electron chi connectivity index (χ2n) is 5.37.